The van der Waals surface area contributed by atoms with E-state index in [1.807, 2.05) is 31.2 Å². The summed E-state index contributed by atoms with van der Waals surface area (Å²) in [5, 5.41) is 12.6. The average Bonchev–Trinajstić information content (AvgIpc) is 3.03. The molecule has 1 aromatic carbocycles. The van der Waals surface area contributed by atoms with Crippen LogP contribution in [0.25, 0.3) is 0 Å². The van der Waals surface area contributed by atoms with E-state index in [0.29, 0.717) is 13.0 Å². The number of carbonyl (C=O) groups excluding carboxylic acids is 1. The number of nitrogens with zero attached hydrogens (tertiary/aromatic N) is 1. The second-order valence-corrected chi connectivity index (χ2v) is 6.01. The van der Waals surface area contributed by atoms with E-state index < -0.39 is 12.0 Å². The van der Waals surface area contributed by atoms with Gasteiger partial charge in [-0.3, -0.25) is 4.79 Å². The molecule has 21 heavy (non-hydrogen) atoms. The lowest BCUT2D eigenvalue weighted by Crippen LogP contribution is -2.43. The Kier molecular flexibility index (Phi) is 3.57. The summed E-state index contributed by atoms with van der Waals surface area (Å²) in [4.78, 5) is 25.4. The lowest BCUT2D eigenvalue weighted by atomic mass is 9.97. The van der Waals surface area contributed by atoms with Crippen LogP contribution in [0.4, 0.5) is 5.69 Å². The third-order valence-electron chi connectivity index (χ3n) is 4.63. The second-order valence-electron chi connectivity index (χ2n) is 6.01. The van der Waals surface area contributed by atoms with Gasteiger partial charge in [0, 0.05) is 31.1 Å². The number of anilines is 1. The van der Waals surface area contributed by atoms with Gasteiger partial charge < -0.3 is 15.3 Å². The van der Waals surface area contributed by atoms with E-state index in [0.717, 1.165) is 24.2 Å². The number of fused-ring (bicyclic) bond motifs is 1. The number of benzene rings is 1. The van der Waals surface area contributed by atoms with Gasteiger partial charge in [-0.1, -0.05) is 25.1 Å². The molecule has 0 aromatic heterocycles. The molecule has 3 rings (SSSR count). The van der Waals surface area contributed by atoms with E-state index in [1.54, 1.807) is 4.90 Å². The predicted octanol–water partition coefficient (Wildman–Crippen LogP) is 1.91. The van der Waals surface area contributed by atoms with Crippen molar-refractivity contribution in [3.05, 3.63) is 29.8 Å². The largest absolute Gasteiger partial charge is 0.480 e. The van der Waals surface area contributed by atoms with Gasteiger partial charge >= 0.3 is 5.97 Å². The third-order valence-corrected chi connectivity index (χ3v) is 4.63. The molecule has 5 nitrogen and oxygen atoms in total. The molecule has 0 bridgehead atoms. The van der Waals surface area contributed by atoms with Gasteiger partial charge in [0.25, 0.3) is 0 Å². The number of amides is 1. The molecular weight excluding hydrogens is 268 g/mol. The fourth-order valence-electron chi connectivity index (χ4n) is 3.47. The summed E-state index contributed by atoms with van der Waals surface area (Å²) in [6, 6.07) is 7.33. The van der Waals surface area contributed by atoms with Crippen molar-refractivity contribution >= 4 is 17.6 Å². The molecule has 0 saturated carbocycles. The van der Waals surface area contributed by atoms with Crippen molar-refractivity contribution in [3.8, 4) is 0 Å². The highest BCUT2D eigenvalue weighted by molar-refractivity contribution is 5.85. The van der Waals surface area contributed by atoms with Gasteiger partial charge in [-0.05, 0) is 24.0 Å². The molecule has 5 heteroatoms. The van der Waals surface area contributed by atoms with E-state index in [2.05, 4.69) is 5.32 Å². The number of rotatable bonds is 3. The van der Waals surface area contributed by atoms with Crippen molar-refractivity contribution in [3.63, 3.8) is 0 Å². The van der Waals surface area contributed by atoms with E-state index >= 15 is 0 Å². The van der Waals surface area contributed by atoms with Crippen molar-refractivity contribution in [2.45, 2.75) is 31.7 Å². The Morgan fingerprint density at radius 1 is 1.38 bits per heavy atom. The summed E-state index contributed by atoms with van der Waals surface area (Å²) in [6.07, 6.45) is 1.14. The molecule has 1 amide bonds. The SMILES string of the molecule is CC1CCN(C(=O)CC2CNc3ccccc32)C1C(=O)O. The molecule has 1 aromatic rings. The lowest BCUT2D eigenvalue weighted by molar-refractivity contribution is -0.149. The Labute approximate surface area is 123 Å². The van der Waals surface area contributed by atoms with Crippen molar-refractivity contribution in [2.75, 3.05) is 18.4 Å². The maximum Gasteiger partial charge on any atom is 0.326 e. The van der Waals surface area contributed by atoms with Gasteiger partial charge in [0.15, 0.2) is 0 Å². The minimum atomic E-state index is -0.890. The third kappa shape index (κ3) is 2.48. The van der Waals surface area contributed by atoms with E-state index in [1.165, 1.54) is 0 Å². The monoisotopic (exact) mass is 288 g/mol. The Bertz CT molecular complexity index is 572. The number of carbonyl (C=O) groups is 2. The Morgan fingerprint density at radius 2 is 2.14 bits per heavy atom. The molecule has 2 aliphatic heterocycles. The predicted molar refractivity (Wildman–Crippen MR) is 79.2 cm³/mol. The number of carboxylic acids is 1. The Morgan fingerprint density at radius 3 is 2.90 bits per heavy atom. The van der Waals surface area contributed by atoms with Crippen LogP contribution in [-0.4, -0.2) is 41.0 Å². The highest BCUT2D eigenvalue weighted by Crippen LogP contribution is 2.34. The van der Waals surface area contributed by atoms with Crippen LogP contribution < -0.4 is 5.32 Å². The van der Waals surface area contributed by atoms with Crippen molar-refractivity contribution in [1.29, 1.82) is 0 Å². The number of para-hydroxylation sites is 1. The topological polar surface area (TPSA) is 69.6 Å². The molecule has 0 aliphatic carbocycles. The number of hydrogen-bond acceptors (Lipinski definition) is 3. The molecule has 3 atom stereocenters. The summed E-state index contributed by atoms with van der Waals surface area (Å²) in [5.41, 5.74) is 2.24. The van der Waals surface area contributed by atoms with Gasteiger partial charge in [0.2, 0.25) is 5.91 Å². The van der Waals surface area contributed by atoms with Crippen molar-refractivity contribution in [2.24, 2.45) is 5.92 Å². The summed E-state index contributed by atoms with van der Waals surface area (Å²) in [6.45, 7) is 3.20. The van der Waals surface area contributed by atoms with Crippen LogP contribution in [0.1, 0.15) is 31.2 Å². The van der Waals surface area contributed by atoms with Crippen LogP contribution >= 0.6 is 0 Å². The molecule has 1 fully saturated rings. The maximum absolute atomic E-state index is 12.5. The maximum atomic E-state index is 12.5. The first kappa shape index (κ1) is 13.9. The van der Waals surface area contributed by atoms with Crippen molar-refractivity contribution < 1.29 is 14.7 Å². The fourth-order valence-corrected chi connectivity index (χ4v) is 3.47. The van der Waals surface area contributed by atoms with Gasteiger partial charge in [-0.15, -0.1) is 0 Å². The molecule has 3 unspecified atom stereocenters. The first-order valence-electron chi connectivity index (χ1n) is 7.43. The van der Waals surface area contributed by atoms with Gasteiger partial charge in [-0.2, -0.15) is 0 Å². The standard InChI is InChI=1S/C16H20N2O3/c1-10-6-7-18(15(10)16(20)21)14(19)8-11-9-17-13-5-3-2-4-12(11)13/h2-5,10-11,15,17H,6-9H2,1H3,(H,20,21). The van der Waals surface area contributed by atoms with E-state index in [9.17, 15) is 14.7 Å². The van der Waals surface area contributed by atoms with Gasteiger partial charge in [-0.25, -0.2) is 4.79 Å². The smallest absolute Gasteiger partial charge is 0.326 e. The van der Waals surface area contributed by atoms with Gasteiger partial charge in [0.05, 0.1) is 0 Å². The number of carboxylic acid groups (broad SMARTS) is 1. The van der Waals surface area contributed by atoms with Crippen molar-refractivity contribution in [1.82, 2.24) is 4.90 Å². The van der Waals surface area contributed by atoms with Crippen LogP contribution in [0.5, 0.6) is 0 Å². The van der Waals surface area contributed by atoms with Gasteiger partial charge in [0.1, 0.15) is 6.04 Å². The summed E-state index contributed by atoms with van der Waals surface area (Å²) in [7, 11) is 0. The molecule has 0 radical (unpaired) electrons. The number of aliphatic carboxylic acids is 1. The number of likely N-dealkylation sites (tertiary alicyclic amines) is 1. The first-order valence-corrected chi connectivity index (χ1v) is 7.43. The van der Waals surface area contributed by atoms with E-state index in [-0.39, 0.29) is 17.7 Å². The highest BCUT2D eigenvalue weighted by Gasteiger charge is 2.40. The van der Waals surface area contributed by atoms with Crippen LogP contribution in [0.2, 0.25) is 0 Å². The minimum absolute atomic E-state index is 0.0282. The molecule has 1 saturated heterocycles. The first-order chi connectivity index (χ1) is 10.1. The molecule has 0 spiro atoms. The quantitative estimate of drug-likeness (QED) is 0.891. The van der Waals surface area contributed by atoms with Crippen LogP contribution in [0, 0.1) is 5.92 Å². The Hall–Kier alpha value is -2.04. The molecular formula is C16H20N2O3. The highest BCUT2D eigenvalue weighted by atomic mass is 16.4. The minimum Gasteiger partial charge on any atom is -0.480 e. The zero-order valence-corrected chi connectivity index (χ0v) is 12.1. The summed E-state index contributed by atoms with van der Waals surface area (Å²) >= 11 is 0. The van der Waals surface area contributed by atoms with Crippen LogP contribution in [0.15, 0.2) is 24.3 Å². The normalized spacial score (nSPS) is 27.3. The second kappa shape index (κ2) is 5.39. The molecule has 2 heterocycles. The molecule has 2 N–H and O–H groups in total. The zero-order chi connectivity index (χ0) is 15.0. The molecule has 2 aliphatic rings. The number of nitrogens with one attached hydrogen (secondary N) is 1. The van der Waals surface area contributed by atoms with Crippen LogP contribution in [0.3, 0.4) is 0 Å². The summed E-state index contributed by atoms with van der Waals surface area (Å²) in [5.74, 6) is -0.770. The molecule has 112 valence electrons. The van der Waals surface area contributed by atoms with E-state index in [4.69, 9.17) is 0 Å². The summed E-state index contributed by atoms with van der Waals surface area (Å²) < 4.78 is 0. The van der Waals surface area contributed by atoms with Crippen LogP contribution in [-0.2, 0) is 9.59 Å². The Balaban J connectivity index is 1.72. The lowest BCUT2D eigenvalue weighted by Gasteiger charge is -2.24. The zero-order valence-electron chi connectivity index (χ0n) is 12.1. The number of hydrogen-bond donors (Lipinski definition) is 2. The fraction of sp³-hybridized carbons (Fsp3) is 0.500. The average molecular weight is 288 g/mol.